The number of nitrogens with zero attached hydrogens (tertiary/aromatic N) is 3. The molecule has 1 aliphatic heterocycles. The van der Waals surface area contributed by atoms with Crippen molar-refractivity contribution in [3.63, 3.8) is 0 Å². The van der Waals surface area contributed by atoms with Crippen LogP contribution in [0, 0.1) is 0 Å². The average molecular weight is 466 g/mol. The first-order chi connectivity index (χ1) is 15.6. The largest absolute Gasteiger partial charge is 0.497 e. The number of rotatable bonds is 5. The highest BCUT2D eigenvalue weighted by Crippen LogP contribution is 2.30. The molecule has 0 spiro atoms. The molecule has 0 atom stereocenters. The van der Waals surface area contributed by atoms with Crippen molar-refractivity contribution in [3.8, 4) is 17.0 Å². The van der Waals surface area contributed by atoms with Crippen molar-refractivity contribution in [2.75, 3.05) is 19.0 Å². The lowest BCUT2D eigenvalue weighted by Crippen LogP contribution is -2.35. The number of fused-ring (bicyclic) bond motifs is 1. The van der Waals surface area contributed by atoms with Crippen LogP contribution in [0.4, 0.5) is 5.13 Å². The Labute approximate surface area is 191 Å². The van der Waals surface area contributed by atoms with Crippen LogP contribution in [0.5, 0.6) is 5.75 Å². The molecule has 32 heavy (non-hydrogen) atoms. The Bertz CT molecular complexity index is 1280. The van der Waals surface area contributed by atoms with Gasteiger partial charge in [-0.3, -0.25) is 20.0 Å². The number of aromatic nitrogens is 3. The summed E-state index contributed by atoms with van der Waals surface area (Å²) in [5, 5.41) is 14.2. The van der Waals surface area contributed by atoms with Gasteiger partial charge in [0.1, 0.15) is 11.4 Å². The van der Waals surface area contributed by atoms with Crippen molar-refractivity contribution in [1.29, 1.82) is 0 Å². The van der Waals surface area contributed by atoms with Crippen LogP contribution in [0.15, 0.2) is 47.2 Å². The molecule has 1 aliphatic rings. The third-order valence-electron chi connectivity index (χ3n) is 5.20. The Morgan fingerprint density at radius 1 is 1.25 bits per heavy atom. The number of anilines is 1. The number of hydrogen-bond donors (Lipinski definition) is 2. The number of benzene rings is 1. The van der Waals surface area contributed by atoms with Gasteiger partial charge in [0.2, 0.25) is 0 Å². The maximum atomic E-state index is 13.1. The third kappa shape index (κ3) is 4.02. The monoisotopic (exact) mass is 465 g/mol. The number of ether oxygens (including phenoxy) is 1. The highest BCUT2D eigenvalue weighted by molar-refractivity contribution is 7.16. The Kier molecular flexibility index (Phi) is 5.46. The highest BCUT2D eigenvalue weighted by Gasteiger charge is 2.26. The lowest BCUT2D eigenvalue weighted by atomic mass is 10.1. The summed E-state index contributed by atoms with van der Waals surface area (Å²) in [6, 6.07) is 11.1. The van der Waals surface area contributed by atoms with Gasteiger partial charge in [-0.1, -0.05) is 23.5 Å². The molecule has 0 bridgehead atoms. The third-order valence-corrected chi connectivity index (χ3v) is 6.88. The predicted molar refractivity (Wildman–Crippen MR) is 123 cm³/mol. The Morgan fingerprint density at radius 2 is 2.16 bits per heavy atom. The Hall–Kier alpha value is -3.50. The van der Waals surface area contributed by atoms with Crippen molar-refractivity contribution in [2.45, 2.75) is 13.0 Å². The van der Waals surface area contributed by atoms with Gasteiger partial charge in [0.05, 0.1) is 30.6 Å². The van der Waals surface area contributed by atoms with Crippen LogP contribution in [-0.2, 0) is 13.0 Å². The summed E-state index contributed by atoms with van der Waals surface area (Å²) >= 11 is 2.88. The fraction of sp³-hybridized carbons (Fsp3) is 0.182. The molecule has 5 rings (SSSR count). The number of carbonyl (C=O) groups excluding carboxylic acids is 2. The highest BCUT2D eigenvalue weighted by atomic mass is 32.1. The van der Waals surface area contributed by atoms with E-state index in [2.05, 4.69) is 20.5 Å². The molecule has 0 unspecified atom stereocenters. The van der Waals surface area contributed by atoms with E-state index in [0.717, 1.165) is 21.9 Å². The molecule has 4 aromatic rings. The summed E-state index contributed by atoms with van der Waals surface area (Å²) in [7, 11) is 1.61. The van der Waals surface area contributed by atoms with Gasteiger partial charge >= 0.3 is 0 Å². The lowest BCUT2D eigenvalue weighted by Gasteiger charge is -2.25. The van der Waals surface area contributed by atoms with Crippen molar-refractivity contribution in [1.82, 2.24) is 20.1 Å². The van der Waals surface area contributed by atoms with Crippen molar-refractivity contribution >= 4 is 39.6 Å². The summed E-state index contributed by atoms with van der Waals surface area (Å²) in [6.07, 6.45) is 0.642. The lowest BCUT2D eigenvalue weighted by molar-refractivity contribution is 0.0730. The van der Waals surface area contributed by atoms with Gasteiger partial charge in [0.15, 0.2) is 5.13 Å². The molecule has 2 N–H and O–H groups in total. The minimum atomic E-state index is -0.173. The fourth-order valence-electron chi connectivity index (χ4n) is 3.52. The van der Waals surface area contributed by atoms with Crippen molar-refractivity contribution in [3.05, 3.63) is 69.0 Å². The van der Waals surface area contributed by atoms with E-state index in [9.17, 15) is 9.59 Å². The van der Waals surface area contributed by atoms with Crippen LogP contribution in [0.25, 0.3) is 11.3 Å². The van der Waals surface area contributed by atoms with Crippen LogP contribution in [0.1, 0.15) is 31.4 Å². The number of thiazole rings is 1. The molecule has 8 nitrogen and oxygen atoms in total. The SMILES string of the molecule is COc1cccc(-c2cc(C(=O)N3CCc4nc(NC(=O)c5ccsc5)sc4C3)[nH]n2)c1. The van der Waals surface area contributed by atoms with Crippen LogP contribution in [0.2, 0.25) is 0 Å². The second-order valence-electron chi connectivity index (χ2n) is 7.23. The van der Waals surface area contributed by atoms with Gasteiger partial charge in [-0.05, 0) is 29.6 Å². The number of nitrogens with one attached hydrogen (secondary N) is 2. The van der Waals surface area contributed by atoms with E-state index in [-0.39, 0.29) is 11.8 Å². The van der Waals surface area contributed by atoms with Gasteiger partial charge in [0.25, 0.3) is 11.8 Å². The second-order valence-corrected chi connectivity index (χ2v) is 9.09. The molecule has 1 aromatic carbocycles. The molecular formula is C22H19N5O3S2. The average Bonchev–Trinajstić information content (AvgIpc) is 3.58. The van der Waals surface area contributed by atoms with E-state index >= 15 is 0 Å². The van der Waals surface area contributed by atoms with E-state index in [1.54, 1.807) is 29.5 Å². The zero-order chi connectivity index (χ0) is 22.1. The normalized spacial score (nSPS) is 13.0. The minimum Gasteiger partial charge on any atom is -0.497 e. The molecule has 0 fully saturated rings. The van der Waals surface area contributed by atoms with E-state index < -0.39 is 0 Å². The summed E-state index contributed by atoms with van der Waals surface area (Å²) in [5.41, 5.74) is 3.53. The number of methoxy groups -OCH3 is 1. The van der Waals surface area contributed by atoms with Gasteiger partial charge in [0, 0.05) is 28.8 Å². The van der Waals surface area contributed by atoms with Crippen LogP contribution < -0.4 is 10.1 Å². The van der Waals surface area contributed by atoms with Gasteiger partial charge < -0.3 is 9.64 Å². The summed E-state index contributed by atoms with van der Waals surface area (Å²) < 4.78 is 5.26. The number of thiophene rings is 1. The fourth-order valence-corrected chi connectivity index (χ4v) is 5.17. The number of amides is 2. The topological polar surface area (TPSA) is 100 Å². The van der Waals surface area contributed by atoms with Crippen LogP contribution in [0.3, 0.4) is 0 Å². The van der Waals surface area contributed by atoms with Gasteiger partial charge in [-0.25, -0.2) is 4.98 Å². The summed E-state index contributed by atoms with van der Waals surface area (Å²) in [5.74, 6) is 0.441. The Balaban J connectivity index is 1.28. The summed E-state index contributed by atoms with van der Waals surface area (Å²) in [4.78, 5) is 32.6. The van der Waals surface area contributed by atoms with Gasteiger partial charge in [-0.15, -0.1) is 0 Å². The quantitative estimate of drug-likeness (QED) is 0.463. The Morgan fingerprint density at radius 3 is 2.97 bits per heavy atom. The maximum Gasteiger partial charge on any atom is 0.272 e. The maximum absolute atomic E-state index is 13.1. The van der Waals surface area contributed by atoms with Crippen LogP contribution >= 0.6 is 22.7 Å². The number of carbonyl (C=O) groups is 2. The van der Waals surface area contributed by atoms with Crippen molar-refractivity contribution in [2.24, 2.45) is 0 Å². The zero-order valence-corrected chi connectivity index (χ0v) is 18.8. The first kappa shape index (κ1) is 20.4. The molecule has 10 heteroatoms. The minimum absolute atomic E-state index is 0.116. The smallest absolute Gasteiger partial charge is 0.272 e. The zero-order valence-electron chi connectivity index (χ0n) is 17.1. The summed E-state index contributed by atoms with van der Waals surface area (Å²) in [6.45, 7) is 1.01. The number of hydrogen-bond acceptors (Lipinski definition) is 7. The molecule has 4 heterocycles. The molecule has 3 aromatic heterocycles. The number of H-pyrrole nitrogens is 1. The van der Waals surface area contributed by atoms with E-state index in [4.69, 9.17) is 4.74 Å². The first-order valence-corrected chi connectivity index (χ1v) is 11.7. The molecular weight excluding hydrogens is 446 g/mol. The first-order valence-electron chi connectivity index (χ1n) is 9.92. The molecule has 0 saturated carbocycles. The molecule has 162 valence electrons. The van der Waals surface area contributed by atoms with Gasteiger partial charge in [-0.2, -0.15) is 16.4 Å². The standard InChI is InChI=1S/C22H19N5O3S2/c1-30-15-4-2-3-13(9-15)17-10-18(26-25-17)21(29)27-7-5-16-19(11-27)32-22(23-16)24-20(28)14-6-8-31-12-14/h2-4,6,8-10,12H,5,7,11H2,1H3,(H,25,26)(H,23,24,28). The molecule has 0 radical (unpaired) electrons. The number of aromatic amines is 1. The van der Waals surface area contributed by atoms with Crippen molar-refractivity contribution < 1.29 is 14.3 Å². The van der Waals surface area contributed by atoms with Crippen LogP contribution in [-0.4, -0.2) is 45.6 Å². The predicted octanol–water partition coefficient (Wildman–Crippen LogP) is 4.05. The molecule has 0 saturated heterocycles. The van der Waals surface area contributed by atoms with E-state index in [1.165, 1.54) is 22.7 Å². The van der Waals surface area contributed by atoms with E-state index in [0.29, 0.717) is 41.6 Å². The second kappa shape index (κ2) is 8.56. The van der Waals surface area contributed by atoms with E-state index in [1.807, 2.05) is 29.6 Å². The molecule has 2 amide bonds. The molecule has 0 aliphatic carbocycles.